The zero-order valence-electron chi connectivity index (χ0n) is 14.6. The molecule has 1 unspecified atom stereocenters. The largest absolute Gasteiger partial charge is 0.481 e. The van der Waals surface area contributed by atoms with Crippen LogP contribution in [-0.2, 0) is 21.1 Å². The second-order valence-corrected chi connectivity index (χ2v) is 8.39. The molecule has 1 heterocycles. The van der Waals surface area contributed by atoms with Crippen molar-refractivity contribution < 1.29 is 22.3 Å². The van der Waals surface area contributed by atoms with Gasteiger partial charge in [0.25, 0.3) is 5.91 Å². The Hall–Kier alpha value is -2.41. The molecule has 0 fully saturated rings. The number of hydrogen-bond acceptors (Lipinski definition) is 4. The van der Waals surface area contributed by atoms with E-state index in [1.807, 2.05) is 0 Å². The van der Waals surface area contributed by atoms with Gasteiger partial charge < -0.3 is 9.64 Å². The van der Waals surface area contributed by atoms with Gasteiger partial charge in [-0.05, 0) is 55.7 Å². The molecule has 5 nitrogen and oxygen atoms in total. The molecule has 0 saturated heterocycles. The third-order valence-electron chi connectivity index (χ3n) is 4.32. The van der Waals surface area contributed by atoms with Gasteiger partial charge in [-0.3, -0.25) is 4.79 Å². The number of fused-ring (bicyclic) bond motifs is 1. The number of benzene rings is 2. The van der Waals surface area contributed by atoms with E-state index in [0.717, 1.165) is 18.2 Å². The van der Waals surface area contributed by atoms with Crippen molar-refractivity contribution in [1.82, 2.24) is 0 Å². The third kappa shape index (κ3) is 3.88. The first-order valence-corrected chi connectivity index (χ1v) is 10.2. The number of nitrogens with zero attached hydrogens (tertiary/aromatic N) is 1. The third-order valence-corrected chi connectivity index (χ3v) is 5.43. The molecule has 0 N–H and O–H groups in total. The zero-order chi connectivity index (χ0) is 18.9. The number of carbonyl (C=O) groups excluding carboxylic acids is 1. The number of carbonyl (C=O) groups is 1. The molecule has 1 aliphatic heterocycles. The maximum absolute atomic E-state index is 13.3. The second kappa shape index (κ2) is 7.07. The van der Waals surface area contributed by atoms with E-state index in [-0.39, 0.29) is 16.6 Å². The van der Waals surface area contributed by atoms with Crippen LogP contribution in [-0.4, -0.2) is 33.2 Å². The molecule has 0 radical (unpaired) electrons. The lowest BCUT2D eigenvalue weighted by Gasteiger charge is -2.31. The summed E-state index contributed by atoms with van der Waals surface area (Å²) in [5.41, 5.74) is 1.52. The van der Waals surface area contributed by atoms with Gasteiger partial charge in [0, 0.05) is 24.6 Å². The molecule has 2 aromatic carbocycles. The van der Waals surface area contributed by atoms with Gasteiger partial charge in [0.15, 0.2) is 15.9 Å². The number of ether oxygens (including phenoxy) is 1. The predicted octanol–water partition coefficient (Wildman–Crippen LogP) is 2.98. The molecule has 0 saturated carbocycles. The maximum Gasteiger partial charge on any atom is 0.267 e. The number of amides is 1. The number of hydrogen-bond donors (Lipinski definition) is 0. The summed E-state index contributed by atoms with van der Waals surface area (Å²) in [5.74, 6) is -0.392. The standard InChI is InChI=1S/C19H20FNO4S/c1-13(25-16-7-3-6-15(20)12-16)19(22)21-10-4-5-14-11-17(26(2,23)24)8-9-18(14)21/h3,6-9,11-13H,4-5,10H2,1-2H3. The summed E-state index contributed by atoms with van der Waals surface area (Å²) in [5, 5.41) is 0. The molecule has 1 amide bonds. The van der Waals surface area contributed by atoms with Gasteiger partial charge in [0.2, 0.25) is 0 Å². The molecule has 2 aromatic rings. The average Bonchev–Trinajstić information content (AvgIpc) is 2.59. The number of aryl methyl sites for hydroxylation is 1. The minimum Gasteiger partial charge on any atom is -0.481 e. The predicted molar refractivity (Wildman–Crippen MR) is 96.7 cm³/mol. The normalized spacial score (nSPS) is 15.3. The van der Waals surface area contributed by atoms with Crippen molar-refractivity contribution in [1.29, 1.82) is 0 Å². The summed E-state index contributed by atoms with van der Waals surface area (Å²) >= 11 is 0. The minimum atomic E-state index is -3.30. The summed E-state index contributed by atoms with van der Waals surface area (Å²) in [4.78, 5) is 14.7. The van der Waals surface area contributed by atoms with Crippen LogP contribution in [0.4, 0.5) is 10.1 Å². The first kappa shape index (κ1) is 18.4. The van der Waals surface area contributed by atoms with Gasteiger partial charge in [0.1, 0.15) is 11.6 Å². The van der Waals surface area contributed by atoms with E-state index in [9.17, 15) is 17.6 Å². The lowest BCUT2D eigenvalue weighted by molar-refractivity contribution is -0.124. The van der Waals surface area contributed by atoms with Gasteiger partial charge in [-0.15, -0.1) is 0 Å². The highest BCUT2D eigenvalue weighted by molar-refractivity contribution is 7.90. The van der Waals surface area contributed by atoms with Crippen LogP contribution in [0.2, 0.25) is 0 Å². The van der Waals surface area contributed by atoms with Gasteiger partial charge >= 0.3 is 0 Å². The Bertz CT molecular complexity index is 942. The second-order valence-electron chi connectivity index (χ2n) is 6.37. The van der Waals surface area contributed by atoms with Crippen LogP contribution in [0.15, 0.2) is 47.4 Å². The van der Waals surface area contributed by atoms with Crippen molar-refractivity contribution in [3.8, 4) is 5.75 Å². The Balaban J connectivity index is 1.83. The highest BCUT2D eigenvalue weighted by atomic mass is 32.2. The highest BCUT2D eigenvalue weighted by Gasteiger charge is 2.28. The summed E-state index contributed by atoms with van der Waals surface area (Å²) in [6, 6.07) is 10.4. The van der Waals surface area contributed by atoms with Crippen molar-refractivity contribution in [3.63, 3.8) is 0 Å². The molecule has 0 aromatic heterocycles. The molecule has 138 valence electrons. The lowest BCUT2D eigenvalue weighted by Crippen LogP contribution is -2.43. The van der Waals surface area contributed by atoms with Crippen LogP contribution < -0.4 is 9.64 Å². The van der Waals surface area contributed by atoms with Crippen LogP contribution in [0.3, 0.4) is 0 Å². The first-order chi connectivity index (χ1) is 12.3. The molecule has 0 aliphatic carbocycles. The van der Waals surface area contributed by atoms with Crippen molar-refractivity contribution in [2.45, 2.75) is 30.8 Å². The van der Waals surface area contributed by atoms with E-state index in [4.69, 9.17) is 4.74 Å². The average molecular weight is 377 g/mol. The van der Waals surface area contributed by atoms with Crippen LogP contribution in [0.1, 0.15) is 18.9 Å². The van der Waals surface area contributed by atoms with E-state index in [2.05, 4.69) is 0 Å². The van der Waals surface area contributed by atoms with Crippen LogP contribution in [0, 0.1) is 5.82 Å². The smallest absolute Gasteiger partial charge is 0.267 e. The van der Waals surface area contributed by atoms with Crippen molar-refractivity contribution >= 4 is 21.4 Å². The topological polar surface area (TPSA) is 63.7 Å². The summed E-state index contributed by atoms with van der Waals surface area (Å²) in [6.45, 7) is 2.15. The van der Waals surface area contributed by atoms with E-state index in [1.165, 1.54) is 24.3 Å². The quantitative estimate of drug-likeness (QED) is 0.822. The number of halogens is 1. The maximum atomic E-state index is 13.3. The summed E-state index contributed by atoms with van der Waals surface area (Å²) in [6.07, 6.45) is 1.81. The van der Waals surface area contributed by atoms with Crippen molar-refractivity contribution in [3.05, 3.63) is 53.8 Å². The number of anilines is 1. The van der Waals surface area contributed by atoms with Crippen LogP contribution >= 0.6 is 0 Å². The van der Waals surface area contributed by atoms with Crippen LogP contribution in [0.25, 0.3) is 0 Å². The van der Waals surface area contributed by atoms with Gasteiger partial charge in [0.05, 0.1) is 4.90 Å². The highest BCUT2D eigenvalue weighted by Crippen LogP contribution is 2.30. The Labute approximate surface area is 152 Å². The first-order valence-electron chi connectivity index (χ1n) is 8.32. The van der Waals surface area contributed by atoms with E-state index < -0.39 is 21.8 Å². The molecule has 0 bridgehead atoms. The molecule has 26 heavy (non-hydrogen) atoms. The van der Waals surface area contributed by atoms with Crippen molar-refractivity contribution in [2.75, 3.05) is 17.7 Å². The minimum absolute atomic E-state index is 0.245. The van der Waals surface area contributed by atoms with E-state index in [1.54, 1.807) is 30.0 Å². The number of rotatable bonds is 4. The van der Waals surface area contributed by atoms with Crippen LogP contribution in [0.5, 0.6) is 5.75 Å². The molecule has 3 rings (SSSR count). The SMILES string of the molecule is CC(Oc1cccc(F)c1)C(=O)N1CCCc2cc(S(C)(=O)=O)ccc21. The Morgan fingerprint density at radius 3 is 2.69 bits per heavy atom. The fourth-order valence-electron chi connectivity index (χ4n) is 3.05. The van der Waals surface area contributed by atoms with Gasteiger partial charge in [-0.1, -0.05) is 6.07 Å². The molecule has 1 aliphatic rings. The molecule has 1 atom stereocenters. The Morgan fingerprint density at radius 1 is 1.23 bits per heavy atom. The zero-order valence-corrected chi connectivity index (χ0v) is 15.4. The Morgan fingerprint density at radius 2 is 2.00 bits per heavy atom. The lowest BCUT2D eigenvalue weighted by atomic mass is 10.0. The van der Waals surface area contributed by atoms with Crippen molar-refractivity contribution in [2.24, 2.45) is 0 Å². The van der Waals surface area contributed by atoms with Gasteiger partial charge in [-0.2, -0.15) is 0 Å². The van der Waals surface area contributed by atoms with Gasteiger partial charge in [-0.25, -0.2) is 12.8 Å². The fourth-order valence-corrected chi connectivity index (χ4v) is 3.72. The molecular formula is C19H20FNO4S. The summed E-state index contributed by atoms with van der Waals surface area (Å²) < 4.78 is 42.3. The Kier molecular flexibility index (Phi) is 5.00. The molecule has 7 heteroatoms. The van der Waals surface area contributed by atoms with E-state index in [0.29, 0.717) is 18.7 Å². The van der Waals surface area contributed by atoms with E-state index >= 15 is 0 Å². The monoisotopic (exact) mass is 377 g/mol. The molecule has 0 spiro atoms. The fraction of sp³-hybridized carbons (Fsp3) is 0.316. The number of sulfone groups is 1. The molecular weight excluding hydrogens is 357 g/mol. The summed E-state index contributed by atoms with van der Waals surface area (Å²) in [7, 11) is -3.30.